The lowest BCUT2D eigenvalue weighted by Gasteiger charge is -2.30. The molecule has 150 valence electrons. The fourth-order valence-corrected chi connectivity index (χ4v) is 3.61. The number of hydrogen-bond donors (Lipinski definition) is 2. The standard InChI is InChI=1S/C22H22FN3O3/c23-18-7-3-1-6-17(18)21(27)25-20(22(28)26-9-11-29-12-10-26)13-15-14-24-19-8-4-2-5-16(15)19/h1-8,14,20,24H,9-13H2,(H,25,27)/t20-/m1/s1. The number of aromatic amines is 1. The summed E-state index contributed by atoms with van der Waals surface area (Å²) in [6, 6.07) is 12.7. The van der Waals surface area contributed by atoms with Crippen LogP contribution in [0.5, 0.6) is 0 Å². The van der Waals surface area contributed by atoms with Crippen LogP contribution in [0.2, 0.25) is 0 Å². The number of fused-ring (bicyclic) bond motifs is 1. The predicted octanol–water partition coefficient (Wildman–Crippen LogP) is 2.51. The molecule has 1 aliphatic rings. The first-order valence-corrected chi connectivity index (χ1v) is 9.60. The zero-order valence-electron chi connectivity index (χ0n) is 15.9. The largest absolute Gasteiger partial charge is 0.378 e. The van der Waals surface area contributed by atoms with Gasteiger partial charge in [-0.15, -0.1) is 0 Å². The first kappa shape index (κ1) is 19.1. The average Bonchev–Trinajstić information content (AvgIpc) is 3.16. The quantitative estimate of drug-likeness (QED) is 0.697. The summed E-state index contributed by atoms with van der Waals surface area (Å²) in [7, 11) is 0. The number of nitrogens with one attached hydrogen (secondary N) is 2. The molecule has 4 rings (SSSR count). The summed E-state index contributed by atoms with van der Waals surface area (Å²) < 4.78 is 19.4. The van der Waals surface area contributed by atoms with Gasteiger partial charge in [0, 0.05) is 36.6 Å². The van der Waals surface area contributed by atoms with E-state index >= 15 is 0 Å². The van der Waals surface area contributed by atoms with Gasteiger partial charge in [0.1, 0.15) is 11.9 Å². The molecule has 0 unspecified atom stereocenters. The van der Waals surface area contributed by atoms with Crippen LogP contribution in [0.4, 0.5) is 4.39 Å². The maximum Gasteiger partial charge on any atom is 0.254 e. The van der Waals surface area contributed by atoms with Crippen molar-refractivity contribution in [1.29, 1.82) is 0 Å². The van der Waals surface area contributed by atoms with Gasteiger partial charge in [-0.3, -0.25) is 9.59 Å². The van der Waals surface area contributed by atoms with Crippen molar-refractivity contribution in [3.05, 3.63) is 71.7 Å². The van der Waals surface area contributed by atoms with Crippen LogP contribution in [-0.2, 0) is 16.0 Å². The molecule has 2 heterocycles. The zero-order valence-corrected chi connectivity index (χ0v) is 15.9. The fourth-order valence-electron chi connectivity index (χ4n) is 3.61. The monoisotopic (exact) mass is 395 g/mol. The molecule has 0 spiro atoms. The number of para-hydroxylation sites is 1. The molecule has 7 heteroatoms. The van der Waals surface area contributed by atoms with Crippen LogP contribution < -0.4 is 5.32 Å². The van der Waals surface area contributed by atoms with Crippen molar-refractivity contribution in [2.45, 2.75) is 12.5 Å². The molecule has 0 bridgehead atoms. The lowest BCUT2D eigenvalue weighted by Crippen LogP contribution is -2.52. The Bertz CT molecular complexity index is 1030. The summed E-state index contributed by atoms with van der Waals surface area (Å²) >= 11 is 0. The third-order valence-corrected chi connectivity index (χ3v) is 5.14. The molecule has 3 aromatic rings. The van der Waals surface area contributed by atoms with Crippen molar-refractivity contribution in [3.8, 4) is 0 Å². The number of aromatic nitrogens is 1. The highest BCUT2D eigenvalue weighted by Gasteiger charge is 2.29. The second kappa shape index (κ2) is 8.45. The zero-order chi connectivity index (χ0) is 20.2. The maximum atomic E-state index is 14.1. The SMILES string of the molecule is O=C(N[C@H](Cc1c[nH]c2ccccc12)C(=O)N1CCOCC1)c1ccccc1F. The van der Waals surface area contributed by atoms with Crippen LogP contribution in [-0.4, -0.2) is 54.0 Å². The van der Waals surface area contributed by atoms with Crippen molar-refractivity contribution in [3.63, 3.8) is 0 Å². The molecular formula is C22H22FN3O3. The van der Waals surface area contributed by atoms with Gasteiger partial charge in [-0.2, -0.15) is 0 Å². The Morgan fingerprint density at radius 2 is 1.83 bits per heavy atom. The highest BCUT2D eigenvalue weighted by Crippen LogP contribution is 2.20. The molecule has 2 N–H and O–H groups in total. The number of rotatable bonds is 5. The van der Waals surface area contributed by atoms with Gasteiger partial charge in [-0.25, -0.2) is 4.39 Å². The Morgan fingerprint density at radius 1 is 1.10 bits per heavy atom. The van der Waals surface area contributed by atoms with Gasteiger partial charge in [0.25, 0.3) is 5.91 Å². The van der Waals surface area contributed by atoms with Crippen molar-refractivity contribution >= 4 is 22.7 Å². The number of halogens is 1. The summed E-state index contributed by atoms with van der Waals surface area (Å²) in [6.45, 7) is 1.87. The molecule has 2 aromatic carbocycles. The minimum Gasteiger partial charge on any atom is -0.378 e. The van der Waals surface area contributed by atoms with Gasteiger partial charge < -0.3 is 19.9 Å². The first-order chi connectivity index (χ1) is 14.1. The third-order valence-electron chi connectivity index (χ3n) is 5.14. The Labute approximate surface area is 167 Å². The van der Waals surface area contributed by atoms with Crippen LogP contribution in [0.25, 0.3) is 10.9 Å². The number of H-pyrrole nitrogens is 1. The minimum atomic E-state index is -0.806. The molecule has 1 fully saturated rings. The van der Waals surface area contributed by atoms with Crippen LogP contribution >= 0.6 is 0 Å². The number of amides is 2. The first-order valence-electron chi connectivity index (χ1n) is 9.60. The van der Waals surface area contributed by atoms with Crippen LogP contribution in [0.3, 0.4) is 0 Å². The normalized spacial score (nSPS) is 15.3. The molecule has 1 aliphatic heterocycles. The van der Waals surface area contributed by atoms with Crippen molar-refractivity contribution in [1.82, 2.24) is 15.2 Å². The molecule has 6 nitrogen and oxygen atoms in total. The second-order valence-corrected chi connectivity index (χ2v) is 7.01. The lowest BCUT2D eigenvalue weighted by atomic mass is 10.0. The van der Waals surface area contributed by atoms with E-state index in [1.807, 2.05) is 30.5 Å². The van der Waals surface area contributed by atoms with Crippen LogP contribution in [0.15, 0.2) is 54.7 Å². The molecule has 0 saturated carbocycles. The van der Waals surface area contributed by atoms with Crippen molar-refractivity contribution in [2.75, 3.05) is 26.3 Å². The van der Waals surface area contributed by atoms with E-state index in [1.54, 1.807) is 11.0 Å². The predicted molar refractivity (Wildman–Crippen MR) is 107 cm³/mol. The Balaban J connectivity index is 1.60. The van der Waals surface area contributed by atoms with Gasteiger partial charge in [0.15, 0.2) is 0 Å². The van der Waals surface area contributed by atoms with E-state index in [4.69, 9.17) is 4.74 Å². The van der Waals surface area contributed by atoms with E-state index < -0.39 is 17.8 Å². The molecule has 0 radical (unpaired) electrons. The summed E-state index contributed by atoms with van der Waals surface area (Å²) in [4.78, 5) is 30.7. The van der Waals surface area contributed by atoms with Crippen LogP contribution in [0.1, 0.15) is 15.9 Å². The molecule has 1 saturated heterocycles. The lowest BCUT2D eigenvalue weighted by molar-refractivity contribution is -0.137. The highest BCUT2D eigenvalue weighted by molar-refractivity contribution is 5.98. The van der Waals surface area contributed by atoms with Gasteiger partial charge in [0.2, 0.25) is 5.91 Å². The molecule has 2 amide bonds. The summed E-state index contributed by atoms with van der Waals surface area (Å²) in [6.07, 6.45) is 2.15. The molecule has 1 atom stereocenters. The topological polar surface area (TPSA) is 74.4 Å². The number of nitrogens with zero attached hydrogens (tertiary/aromatic N) is 1. The summed E-state index contributed by atoms with van der Waals surface area (Å²) in [5, 5.41) is 3.74. The van der Waals surface area contributed by atoms with E-state index in [2.05, 4.69) is 10.3 Å². The molecule has 0 aliphatic carbocycles. The van der Waals surface area contributed by atoms with Gasteiger partial charge in [0.05, 0.1) is 18.8 Å². The summed E-state index contributed by atoms with van der Waals surface area (Å²) in [5.41, 5.74) is 1.80. The summed E-state index contributed by atoms with van der Waals surface area (Å²) in [5.74, 6) is -1.41. The smallest absolute Gasteiger partial charge is 0.254 e. The van der Waals surface area contributed by atoms with E-state index in [1.165, 1.54) is 18.2 Å². The number of carbonyl (C=O) groups is 2. The van der Waals surface area contributed by atoms with Crippen LogP contribution in [0, 0.1) is 5.82 Å². The number of carbonyl (C=O) groups excluding carboxylic acids is 2. The van der Waals surface area contributed by atoms with Gasteiger partial charge in [-0.1, -0.05) is 30.3 Å². The minimum absolute atomic E-state index is 0.0776. The number of hydrogen-bond acceptors (Lipinski definition) is 3. The Kier molecular flexibility index (Phi) is 5.57. The van der Waals surface area contributed by atoms with Crippen molar-refractivity contribution < 1.29 is 18.7 Å². The average molecular weight is 395 g/mol. The van der Waals surface area contributed by atoms with E-state index in [0.29, 0.717) is 32.7 Å². The van der Waals surface area contributed by atoms with E-state index in [0.717, 1.165) is 16.5 Å². The third kappa shape index (κ3) is 4.14. The van der Waals surface area contributed by atoms with Gasteiger partial charge >= 0.3 is 0 Å². The van der Waals surface area contributed by atoms with Crippen molar-refractivity contribution in [2.24, 2.45) is 0 Å². The number of ether oxygens (including phenoxy) is 1. The fraction of sp³-hybridized carbons (Fsp3) is 0.273. The second-order valence-electron chi connectivity index (χ2n) is 7.01. The van der Waals surface area contributed by atoms with E-state index in [-0.39, 0.29) is 11.5 Å². The molecule has 1 aromatic heterocycles. The molecule has 29 heavy (non-hydrogen) atoms. The van der Waals surface area contributed by atoms with E-state index in [9.17, 15) is 14.0 Å². The molecular weight excluding hydrogens is 373 g/mol. The number of morpholine rings is 1. The Morgan fingerprint density at radius 3 is 2.62 bits per heavy atom. The maximum absolute atomic E-state index is 14.1. The van der Waals surface area contributed by atoms with Gasteiger partial charge in [-0.05, 0) is 23.8 Å². The number of benzene rings is 2. The Hall–Kier alpha value is -3.19. The highest BCUT2D eigenvalue weighted by atomic mass is 19.1.